The molecule has 1 aliphatic heterocycles. The van der Waals surface area contributed by atoms with Gasteiger partial charge in [0.2, 0.25) is 0 Å². The van der Waals surface area contributed by atoms with E-state index in [1.807, 2.05) is 18.2 Å². The number of aromatic nitrogens is 2. The van der Waals surface area contributed by atoms with Gasteiger partial charge in [-0.15, -0.1) is 0 Å². The van der Waals surface area contributed by atoms with E-state index < -0.39 is 6.03 Å². The van der Waals surface area contributed by atoms with E-state index in [0.717, 1.165) is 47.6 Å². The predicted molar refractivity (Wildman–Crippen MR) is 98.0 cm³/mol. The number of rotatable bonds is 5. The Morgan fingerprint density at radius 3 is 2.80 bits per heavy atom. The SMILES string of the molecule is CN1CCN(c2cnc(Sc3ccc(CO)[nH]3)cc2NC(N)=O)CC1. The van der Waals surface area contributed by atoms with Crippen molar-refractivity contribution in [3.63, 3.8) is 0 Å². The number of pyridine rings is 1. The van der Waals surface area contributed by atoms with Gasteiger partial charge < -0.3 is 30.9 Å². The fourth-order valence-corrected chi connectivity index (χ4v) is 3.52. The molecule has 2 amide bonds. The number of hydrogen-bond acceptors (Lipinski definition) is 6. The molecule has 0 aliphatic carbocycles. The number of likely N-dealkylation sites (N-methyl/N-ethyl adjacent to an activating group) is 1. The second kappa shape index (κ2) is 7.77. The van der Waals surface area contributed by atoms with Crippen LogP contribution >= 0.6 is 11.8 Å². The summed E-state index contributed by atoms with van der Waals surface area (Å²) < 4.78 is 0. The standard InChI is InChI=1S/C16H22N6O2S/c1-21-4-6-22(7-5-21)13-9-18-15(8-12(13)20-16(17)24)25-14-3-2-11(10-23)19-14/h2-3,8-9,19,23H,4-7,10H2,1H3,(H3,17,18,20,24). The van der Waals surface area contributed by atoms with Crippen molar-refractivity contribution in [2.45, 2.75) is 16.7 Å². The maximum absolute atomic E-state index is 11.4. The summed E-state index contributed by atoms with van der Waals surface area (Å²) in [6, 6.07) is 4.93. The van der Waals surface area contributed by atoms with Gasteiger partial charge in [0, 0.05) is 31.9 Å². The number of aromatic amines is 1. The first-order valence-corrected chi connectivity index (χ1v) is 8.83. The largest absolute Gasteiger partial charge is 0.390 e. The number of carbonyl (C=O) groups excluding carboxylic acids is 1. The number of anilines is 2. The average molecular weight is 362 g/mol. The number of carbonyl (C=O) groups is 1. The molecule has 3 heterocycles. The normalized spacial score (nSPS) is 15.4. The van der Waals surface area contributed by atoms with Crippen LogP contribution in [0.25, 0.3) is 0 Å². The van der Waals surface area contributed by atoms with E-state index in [0.29, 0.717) is 5.69 Å². The summed E-state index contributed by atoms with van der Waals surface area (Å²) in [5.41, 5.74) is 7.60. The fraction of sp³-hybridized carbons (Fsp3) is 0.375. The van der Waals surface area contributed by atoms with Gasteiger partial charge in [0.05, 0.1) is 29.2 Å². The average Bonchev–Trinajstić information content (AvgIpc) is 3.03. The van der Waals surface area contributed by atoms with Gasteiger partial charge in [-0.1, -0.05) is 11.8 Å². The van der Waals surface area contributed by atoms with Gasteiger partial charge in [0.25, 0.3) is 0 Å². The Balaban J connectivity index is 1.82. The zero-order valence-corrected chi connectivity index (χ0v) is 14.8. The Hall–Kier alpha value is -2.23. The zero-order chi connectivity index (χ0) is 17.8. The second-order valence-electron chi connectivity index (χ2n) is 5.93. The van der Waals surface area contributed by atoms with Crippen LogP contribution in [0.1, 0.15) is 5.69 Å². The lowest BCUT2D eigenvalue weighted by molar-refractivity contribution is 0.259. The van der Waals surface area contributed by atoms with Crippen molar-refractivity contribution in [1.29, 1.82) is 0 Å². The number of urea groups is 1. The van der Waals surface area contributed by atoms with E-state index in [1.54, 1.807) is 6.20 Å². The highest BCUT2D eigenvalue weighted by molar-refractivity contribution is 7.99. The molecule has 0 radical (unpaired) electrons. The molecule has 0 unspecified atom stereocenters. The Morgan fingerprint density at radius 1 is 1.40 bits per heavy atom. The van der Waals surface area contributed by atoms with Crippen LogP contribution < -0.4 is 16.0 Å². The molecule has 1 aliphatic rings. The molecule has 2 aromatic rings. The van der Waals surface area contributed by atoms with Gasteiger partial charge >= 0.3 is 6.03 Å². The molecular weight excluding hydrogens is 340 g/mol. The van der Waals surface area contributed by atoms with E-state index in [2.05, 4.69) is 32.1 Å². The Kier molecular flexibility index (Phi) is 5.47. The number of nitrogens with one attached hydrogen (secondary N) is 2. The summed E-state index contributed by atoms with van der Waals surface area (Å²) in [5, 5.41) is 13.4. The van der Waals surface area contributed by atoms with Crippen LogP contribution in [0.15, 0.2) is 34.4 Å². The Bertz CT molecular complexity index is 742. The van der Waals surface area contributed by atoms with Gasteiger partial charge in [-0.3, -0.25) is 0 Å². The van der Waals surface area contributed by atoms with Crippen molar-refractivity contribution < 1.29 is 9.90 Å². The van der Waals surface area contributed by atoms with Crippen molar-refractivity contribution >= 4 is 29.2 Å². The van der Waals surface area contributed by atoms with Gasteiger partial charge in [0.1, 0.15) is 5.03 Å². The first kappa shape index (κ1) is 17.6. The van der Waals surface area contributed by atoms with Crippen LogP contribution in [0.3, 0.4) is 0 Å². The van der Waals surface area contributed by atoms with Crippen molar-refractivity contribution in [2.24, 2.45) is 5.73 Å². The highest BCUT2D eigenvalue weighted by atomic mass is 32.2. The molecule has 9 heteroatoms. The molecule has 0 bridgehead atoms. The summed E-state index contributed by atoms with van der Waals surface area (Å²) in [5.74, 6) is 0. The van der Waals surface area contributed by atoms with Crippen LogP contribution in [0, 0.1) is 0 Å². The Morgan fingerprint density at radius 2 is 2.16 bits per heavy atom. The summed E-state index contributed by atoms with van der Waals surface area (Å²) in [6.45, 7) is 3.62. The molecule has 2 aromatic heterocycles. The van der Waals surface area contributed by atoms with E-state index in [4.69, 9.17) is 10.8 Å². The molecule has 1 saturated heterocycles. The molecular formula is C16H22N6O2S. The maximum atomic E-state index is 11.4. The summed E-state index contributed by atoms with van der Waals surface area (Å²) in [4.78, 5) is 23.5. The topological polar surface area (TPSA) is 111 Å². The third-order valence-electron chi connectivity index (χ3n) is 4.06. The molecule has 134 valence electrons. The highest BCUT2D eigenvalue weighted by Gasteiger charge is 2.19. The molecule has 5 N–H and O–H groups in total. The van der Waals surface area contributed by atoms with Crippen molar-refractivity contribution in [3.8, 4) is 0 Å². The smallest absolute Gasteiger partial charge is 0.316 e. The number of aliphatic hydroxyl groups is 1. The molecule has 0 spiro atoms. The summed E-state index contributed by atoms with van der Waals surface area (Å²) in [7, 11) is 2.09. The molecule has 0 saturated carbocycles. The minimum absolute atomic E-state index is 0.0369. The fourth-order valence-electron chi connectivity index (χ4n) is 2.70. The number of piperazine rings is 1. The zero-order valence-electron chi connectivity index (χ0n) is 14.0. The maximum Gasteiger partial charge on any atom is 0.316 e. The van der Waals surface area contributed by atoms with Crippen LogP contribution in [0.4, 0.5) is 16.2 Å². The van der Waals surface area contributed by atoms with Gasteiger partial charge in [-0.25, -0.2) is 9.78 Å². The number of amides is 2. The van der Waals surface area contributed by atoms with Crippen molar-refractivity contribution in [1.82, 2.24) is 14.9 Å². The second-order valence-corrected chi connectivity index (χ2v) is 6.99. The Labute approximate surface area is 150 Å². The third kappa shape index (κ3) is 4.44. The molecule has 0 atom stereocenters. The number of H-pyrrole nitrogens is 1. The first-order valence-electron chi connectivity index (χ1n) is 8.02. The summed E-state index contributed by atoms with van der Waals surface area (Å²) in [6.07, 6.45) is 1.77. The first-order chi connectivity index (χ1) is 12.0. The lowest BCUT2D eigenvalue weighted by atomic mass is 10.2. The number of aliphatic hydroxyl groups excluding tert-OH is 1. The van der Waals surface area contributed by atoms with Crippen molar-refractivity contribution in [3.05, 3.63) is 30.1 Å². The molecule has 25 heavy (non-hydrogen) atoms. The third-order valence-corrected chi connectivity index (χ3v) is 4.95. The van der Waals surface area contributed by atoms with Crippen LogP contribution in [0.2, 0.25) is 0 Å². The van der Waals surface area contributed by atoms with Crippen molar-refractivity contribution in [2.75, 3.05) is 43.4 Å². The number of hydrogen-bond donors (Lipinski definition) is 4. The molecule has 1 fully saturated rings. The summed E-state index contributed by atoms with van der Waals surface area (Å²) >= 11 is 1.42. The predicted octanol–water partition coefficient (Wildman–Crippen LogP) is 1.30. The minimum Gasteiger partial charge on any atom is -0.390 e. The van der Waals surface area contributed by atoms with Gasteiger partial charge in [-0.2, -0.15) is 0 Å². The van der Waals surface area contributed by atoms with Crippen LogP contribution in [-0.2, 0) is 6.61 Å². The van der Waals surface area contributed by atoms with Gasteiger partial charge in [0.15, 0.2) is 0 Å². The monoisotopic (exact) mass is 362 g/mol. The van der Waals surface area contributed by atoms with E-state index in [-0.39, 0.29) is 6.61 Å². The van der Waals surface area contributed by atoms with Crippen LogP contribution in [-0.4, -0.2) is 59.2 Å². The number of nitrogens with two attached hydrogens (primary N) is 1. The van der Waals surface area contributed by atoms with Gasteiger partial charge in [-0.05, 0) is 25.2 Å². The van der Waals surface area contributed by atoms with E-state index in [1.165, 1.54) is 11.8 Å². The minimum atomic E-state index is -0.597. The lowest BCUT2D eigenvalue weighted by Gasteiger charge is -2.34. The number of nitrogens with zero attached hydrogens (tertiary/aromatic N) is 3. The molecule has 3 rings (SSSR count). The quantitative estimate of drug-likeness (QED) is 0.638. The lowest BCUT2D eigenvalue weighted by Crippen LogP contribution is -2.44. The van der Waals surface area contributed by atoms with E-state index >= 15 is 0 Å². The van der Waals surface area contributed by atoms with Crippen LogP contribution in [0.5, 0.6) is 0 Å². The highest BCUT2D eigenvalue weighted by Crippen LogP contribution is 2.32. The molecule has 8 nitrogen and oxygen atoms in total. The molecule has 0 aromatic carbocycles. The van der Waals surface area contributed by atoms with E-state index in [9.17, 15) is 4.79 Å². The number of primary amides is 1.